The lowest BCUT2D eigenvalue weighted by atomic mass is 10.0. The van der Waals surface area contributed by atoms with Gasteiger partial charge >= 0.3 is 0 Å². The third-order valence-corrected chi connectivity index (χ3v) is 2.60. The predicted octanol–water partition coefficient (Wildman–Crippen LogP) is -0.751. The van der Waals surface area contributed by atoms with E-state index < -0.39 is 17.9 Å². The largest absolute Gasteiger partial charge is 0.377 e. The van der Waals surface area contributed by atoms with E-state index in [1.165, 1.54) is 4.90 Å². The van der Waals surface area contributed by atoms with Crippen LogP contribution in [-0.4, -0.2) is 42.5 Å². The molecule has 0 spiro atoms. The molecule has 0 radical (unpaired) electrons. The minimum Gasteiger partial charge on any atom is -0.377 e. The zero-order chi connectivity index (χ0) is 12.1. The molecule has 0 aromatic rings. The molecule has 1 aliphatic heterocycles. The second-order valence-corrected chi connectivity index (χ2v) is 3.61. The van der Waals surface area contributed by atoms with Gasteiger partial charge in [0, 0.05) is 6.54 Å². The Hall–Kier alpha value is -1.61. The van der Waals surface area contributed by atoms with E-state index in [0.717, 1.165) is 0 Å². The van der Waals surface area contributed by atoms with E-state index in [-0.39, 0.29) is 12.5 Å². The molecule has 2 unspecified atom stereocenters. The van der Waals surface area contributed by atoms with Gasteiger partial charge in [-0.3, -0.25) is 9.59 Å². The first-order valence-corrected chi connectivity index (χ1v) is 5.19. The van der Waals surface area contributed by atoms with E-state index >= 15 is 0 Å². The van der Waals surface area contributed by atoms with Crippen molar-refractivity contribution in [2.45, 2.75) is 19.4 Å². The maximum Gasteiger partial charge on any atom is 0.242 e. The Bertz CT molecular complexity index is 324. The quantitative estimate of drug-likeness (QED) is 0.683. The highest BCUT2D eigenvalue weighted by atomic mass is 16.5. The molecule has 6 nitrogen and oxygen atoms in total. The van der Waals surface area contributed by atoms with E-state index in [9.17, 15) is 9.59 Å². The van der Waals surface area contributed by atoms with E-state index in [1.54, 1.807) is 6.92 Å². The summed E-state index contributed by atoms with van der Waals surface area (Å²) in [5, 5.41) is 8.81. The summed E-state index contributed by atoms with van der Waals surface area (Å²) in [6, 6.07) is 1.18. The molecular weight excluding hydrogens is 210 g/mol. The summed E-state index contributed by atoms with van der Waals surface area (Å²) in [6.45, 7) is 2.55. The summed E-state index contributed by atoms with van der Waals surface area (Å²) in [5.74, 6) is -1.64. The SMILES string of the molecule is CCC(C#N)C(=O)N1CCOCC1C(N)=O. The number of carbonyl (C=O) groups excluding carboxylic acids is 2. The van der Waals surface area contributed by atoms with Gasteiger partial charge < -0.3 is 15.4 Å². The molecular formula is C10H15N3O3. The summed E-state index contributed by atoms with van der Waals surface area (Å²) in [5.41, 5.74) is 5.18. The number of morpholine rings is 1. The van der Waals surface area contributed by atoms with Crippen LogP contribution in [0.2, 0.25) is 0 Å². The van der Waals surface area contributed by atoms with Gasteiger partial charge in [0.1, 0.15) is 12.0 Å². The standard InChI is InChI=1S/C10H15N3O3/c1-2-7(5-11)10(15)13-3-4-16-6-8(13)9(12)14/h7-8H,2-4,6H2,1H3,(H2,12,14). The molecule has 2 atom stereocenters. The number of primary amides is 1. The van der Waals surface area contributed by atoms with Crippen molar-refractivity contribution in [1.29, 1.82) is 5.26 Å². The van der Waals surface area contributed by atoms with Crippen molar-refractivity contribution in [3.8, 4) is 6.07 Å². The van der Waals surface area contributed by atoms with Gasteiger partial charge in [-0.15, -0.1) is 0 Å². The van der Waals surface area contributed by atoms with Crippen LogP contribution in [0.3, 0.4) is 0 Å². The first-order valence-electron chi connectivity index (χ1n) is 5.19. The van der Waals surface area contributed by atoms with Crippen molar-refractivity contribution >= 4 is 11.8 Å². The molecule has 0 aliphatic carbocycles. The van der Waals surface area contributed by atoms with E-state index in [4.69, 9.17) is 15.7 Å². The predicted molar refractivity (Wildman–Crippen MR) is 54.9 cm³/mol. The molecule has 0 saturated carbocycles. The normalized spacial score (nSPS) is 22.2. The molecule has 2 N–H and O–H groups in total. The summed E-state index contributed by atoms with van der Waals surface area (Å²) < 4.78 is 5.09. The smallest absolute Gasteiger partial charge is 0.242 e. The molecule has 0 aromatic heterocycles. The number of nitriles is 1. The summed E-state index contributed by atoms with van der Waals surface area (Å²) in [7, 11) is 0. The Morgan fingerprint density at radius 1 is 1.69 bits per heavy atom. The molecule has 16 heavy (non-hydrogen) atoms. The summed E-state index contributed by atoms with van der Waals surface area (Å²) in [6.07, 6.45) is 0.429. The molecule has 1 saturated heterocycles. The topological polar surface area (TPSA) is 96.4 Å². The van der Waals surface area contributed by atoms with Gasteiger partial charge in [-0.2, -0.15) is 5.26 Å². The molecule has 0 aromatic carbocycles. The third kappa shape index (κ3) is 2.49. The first kappa shape index (κ1) is 12.5. The number of nitrogens with two attached hydrogens (primary N) is 1. The highest BCUT2D eigenvalue weighted by Gasteiger charge is 2.34. The van der Waals surface area contributed by atoms with Crippen LogP contribution in [0.15, 0.2) is 0 Å². The number of amides is 2. The monoisotopic (exact) mass is 225 g/mol. The van der Waals surface area contributed by atoms with E-state index in [0.29, 0.717) is 19.6 Å². The average Bonchev–Trinajstić information content (AvgIpc) is 2.30. The zero-order valence-corrected chi connectivity index (χ0v) is 9.18. The van der Waals surface area contributed by atoms with Crippen molar-refractivity contribution in [2.24, 2.45) is 11.7 Å². The molecule has 6 heteroatoms. The molecule has 1 fully saturated rings. The van der Waals surface area contributed by atoms with Crippen LogP contribution >= 0.6 is 0 Å². The zero-order valence-electron chi connectivity index (χ0n) is 9.18. The van der Waals surface area contributed by atoms with Gasteiger partial charge in [-0.25, -0.2) is 0 Å². The van der Waals surface area contributed by atoms with Gasteiger partial charge in [-0.05, 0) is 6.42 Å². The lowest BCUT2D eigenvalue weighted by Gasteiger charge is -2.34. The van der Waals surface area contributed by atoms with Crippen LogP contribution in [0.1, 0.15) is 13.3 Å². The fourth-order valence-electron chi connectivity index (χ4n) is 1.62. The average molecular weight is 225 g/mol. The highest BCUT2D eigenvalue weighted by molar-refractivity contribution is 5.88. The maximum atomic E-state index is 11.9. The fourth-order valence-corrected chi connectivity index (χ4v) is 1.62. The Morgan fingerprint density at radius 3 is 2.88 bits per heavy atom. The van der Waals surface area contributed by atoms with E-state index in [1.807, 2.05) is 6.07 Å². The van der Waals surface area contributed by atoms with Crippen LogP contribution in [-0.2, 0) is 14.3 Å². The van der Waals surface area contributed by atoms with Gasteiger partial charge in [0.2, 0.25) is 11.8 Å². The molecule has 0 bridgehead atoms. The molecule has 1 heterocycles. The first-order chi connectivity index (χ1) is 7.61. The lowest BCUT2D eigenvalue weighted by Crippen LogP contribution is -2.56. The minimum atomic E-state index is -0.747. The Morgan fingerprint density at radius 2 is 2.38 bits per heavy atom. The minimum absolute atomic E-state index is 0.114. The number of hydrogen-bond acceptors (Lipinski definition) is 4. The van der Waals surface area contributed by atoms with Gasteiger partial charge in [0.05, 0.1) is 19.3 Å². The van der Waals surface area contributed by atoms with Crippen molar-refractivity contribution in [3.63, 3.8) is 0 Å². The number of carbonyl (C=O) groups is 2. The van der Waals surface area contributed by atoms with Crippen LogP contribution in [0, 0.1) is 17.2 Å². The second-order valence-electron chi connectivity index (χ2n) is 3.61. The van der Waals surface area contributed by atoms with Crippen LogP contribution in [0.4, 0.5) is 0 Å². The van der Waals surface area contributed by atoms with Crippen molar-refractivity contribution < 1.29 is 14.3 Å². The van der Waals surface area contributed by atoms with Gasteiger partial charge in [0.25, 0.3) is 0 Å². The molecule has 1 rings (SSSR count). The van der Waals surface area contributed by atoms with E-state index in [2.05, 4.69) is 0 Å². The number of rotatable bonds is 3. The van der Waals surface area contributed by atoms with Crippen LogP contribution < -0.4 is 5.73 Å². The highest BCUT2D eigenvalue weighted by Crippen LogP contribution is 2.13. The second kappa shape index (κ2) is 5.47. The van der Waals surface area contributed by atoms with Crippen molar-refractivity contribution in [3.05, 3.63) is 0 Å². The maximum absolute atomic E-state index is 11.9. The lowest BCUT2D eigenvalue weighted by molar-refractivity contribution is -0.149. The van der Waals surface area contributed by atoms with Crippen molar-refractivity contribution in [1.82, 2.24) is 4.90 Å². The Kier molecular flexibility index (Phi) is 4.26. The molecule has 1 aliphatic rings. The number of hydrogen-bond donors (Lipinski definition) is 1. The van der Waals surface area contributed by atoms with Crippen LogP contribution in [0.5, 0.6) is 0 Å². The summed E-state index contributed by atoms with van der Waals surface area (Å²) in [4.78, 5) is 24.4. The summed E-state index contributed by atoms with van der Waals surface area (Å²) >= 11 is 0. The number of ether oxygens (including phenoxy) is 1. The van der Waals surface area contributed by atoms with Crippen LogP contribution in [0.25, 0.3) is 0 Å². The molecule has 88 valence electrons. The van der Waals surface area contributed by atoms with Crippen molar-refractivity contribution in [2.75, 3.05) is 19.8 Å². The van der Waals surface area contributed by atoms with Gasteiger partial charge in [-0.1, -0.05) is 6.92 Å². The third-order valence-electron chi connectivity index (χ3n) is 2.60. The molecule has 2 amide bonds. The Labute approximate surface area is 93.9 Å². The fraction of sp³-hybridized carbons (Fsp3) is 0.700. The Balaban J connectivity index is 2.79. The number of nitrogens with zero attached hydrogens (tertiary/aromatic N) is 2. The van der Waals surface area contributed by atoms with Gasteiger partial charge in [0.15, 0.2) is 0 Å².